The van der Waals surface area contributed by atoms with Gasteiger partial charge in [-0.2, -0.15) is 0 Å². The zero-order valence-corrected chi connectivity index (χ0v) is 12.6. The Morgan fingerprint density at radius 2 is 1.80 bits per heavy atom. The molecule has 0 aliphatic rings. The Morgan fingerprint density at radius 3 is 2.55 bits per heavy atom. The summed E-state index contributed by atoms with van der Waals surface area (Å²) in [6.45, 7) is 3.85. The Kier molecular flexibility index (Phi) is 6.02. The average molecular weight is 291 g/mol. The van der Waals surface area contributed by atoms with Crippen molar-refractivity contribution < 1.29 is 8.63 Å². The minimum Gasteiger partial charge on any atom is -0.464 e. The van der Waals surface area contributed by atoms with Crippen molar-refractivity contribution in [2.45, 2.75) is 31.4 Å². The molecule has 1 heterocycles. The zero-order valence-electron chi connectivity index (χ0n) is 11.8. The maximum atomic E-state index is 12.1. The fraction of sp³-hybridized carbons (Fsp3) is 0.375. The standard InChI is InChI=1S/C16H21NO2S/c1-2-10-17-11-15-8-9-16(19-15)13-20(18)12-14-6-4-3-5-7-14/h3-9,17H,2,10-13H2,1H3. The highest BCUT2D eigenvalue weighted by molar-refractivity contribution is 7.83. The van der Waals surface area contributed by atoms with Crippen LogP contribution in [-0.2, 0) is 28.9 Å². The van der Waals surface area contributed by atoms with Crippen molar-refractivity contribution in [1.82, 2.24) is 5.32 Å². The molecule has 1 unspecified atom stereocenters. The number of furan rings is 1. The van der Waals surface area contributed by atoms with Crippen LogP contribution in [0.4, 0.5) is 0 Å². The number of hydrogen-bond donors (Lipinski definition) is 1. The van der Waals surface area contributed by atoms with Crippen LogP contribution < -0.4 is 5.32 Å². The van der Waals surface area contributed by atoms with Gasteiger partial charge in [0.1, 0.15) is 11.5 Å². The molecular weight excluding hydrogens is 270 g/mol. The summed E-state index contributed by atoms with van der Waals surface area (Å²) >= 11 is 0. The van der Waals surface area contributed by atoms with E-state index in [1.54, 1.807) is 0 Å². The molecule has 0 aliphatic carbocycles. The lowest BCUT2D eigenvalue weighted by Gasteiger charge is -2.01. The summed E-state index contributed by atoms with van der Waals surface area (Å²) in [5.41, 5.74) is 1.10. The first-order chi connectivity index (χ1) is 9.78. The Bertz CT molecular complexity index is 536. The second-order valence-corrected chi connectivity index (χ2v) is 6.22. The van der Waals surface area contributed by atoms with Crippen LogP contribution in [0.3, 0.4) is 0 Å². The summed E-state index contributed by atoms with van der Waals surface area (Å²) in [5, 5.41) is 3.29. The Balaban J connectivity index is 1.82. The van der Waals surface area contributed by atoms with Gasteiger partial charge in [0.2, 0.25) is 0 Å². The van der Waals surface area contributed by atoms with E-state index in [0.29, 0.717) is 11.5 Å². The molecule has 1 aromatic heterocycles. The maximum absolute atomic E-state index is 12.1. The van der Waals surface area contributed by atoms with Crippen molar-refractivity contribution in [2.24, 2.45) is 0 Å². The average Bonchev–Trinajstić information content (AvgIpc) is 2.87. The first kappa shape index (κ1) is 15.0. The number of benzene rings is 1. The fourth-order valence-corrected chi connectivity index (χ4v) is 3.09. The van der Waals surface area contributed by atoms with Crippen LogP contribution in [0.25, 0.3) is 0 Å². The van der Waals surface area contributed by atoms with E-state index in [2.05, 4.69) is 12.2 Å². The van der Waals surface area contributed by atoms with Crippen molar-refractivity contribution in [1.29, 1.82) is 0 Å². The van der Waals surface area contributed by atoms with Crippen LogP contribution in [-0.4, -0.2) is 10.8 Å². The molecule has 0 amide bonds. The van der Waals surface area contributed by atoms with Gasteiger partial charge in [-0.15, -0.1) is 0 Å². The molecule has 0 aliphatic heterocycles. The molecule has 20 heavy (non-hydrogen) atoms. The van der Waals surface area contributed by atoms with Crippen molar-refractivity contribution >= 4 is 10.8 Å². The monoisotopic (exact) mass is 291 g/mol. The SMILES string of the molecule is CCCNCc1ccc(CS(=O)Cc2ccccc2)o1. The van der Waals surface area contributed by atoms with E-state index >= 15 is 0 Å². The van der Waals surface area contributed by atoms with E-state index in [0.717, 1.165) is 36.6 Å². The van der Waals surface area contributed by atoms with Crippen LogP contribution in [0.2, 0.25) is 0 Å². The molecule has 0 radical (unpaired) electrons. The minimum absolute atomic E-state index is 0.475. The molecule has 0 spiro atoms. The first-order valence-corrected chi connectivity index (χ1v) is 8.44. The molecule has 4 heteroatoms. The summed E-state index contributed by atoms with van der Waals surface area (Å²) in [5.74, 6) is 2.76. The summed E-state index contributed by atoms with van der Waals surface area (Å²) < 4.78 is 17.8. The van der Waals surface area contributed by atoms with Gasteiger partial charge in [0, 0.05) is 16.6 Å². The maximum Gasteiger partial charge on any atom is 0.118 e. The normalized spacial score (nSPS) is 12.4. The molecule has 2 aromatic rings. The molecule has 0 fully saturated rings. The second-order valence-electron chi connectivity index (χ2n) is 4.76. The highest BCUT2D eigenvalue weighted by atomic mass is 32.2. The third-order valence-electron chi connectivity index (χ3n) is 2.92. The Labute approximate surface area is 122 Å². The summed E-state index contributed by atoms with van der Waals surface area (Å²) in [6.07, 6.45) is 1.11. The van der Waals surface area contributed by atoms with Crippen LogP contribution in [0.5, 0.6) is 0 Å². The molecule has 2 rings (SSSR count). The lowest BCUT2D eigenvalue weighted by molar-refractivity contribution is 0.458. The smallest absolute Gasteiger partial charge is 0.118 e. The largest absolute Gasteiger partial charge is 0.464 e. The van der Waals surface area contributed by atoms with Gasteiger partial charge in [0.15, 0.2) is 0 Å². The van der Waals surface area contributed by atoms with Crippen molar-refractivity contribution in [3.05, 3.63) is 59.5 Å². The van der Waals surface area contributed by atoms with Gasteiger partial charge in [-0.1, -0.05) is 37.3 Å². The van der Waals surface area contributed by atoms with E-state index in [4.69, 9.17) is 4.42 Å². The Morgan fingerprint density at radius 1 is 1.05 bits per heavy atom. The molecule has 3 nitrogen and oxygen atoms in total. The van der Waals surface area contributed by atoms with E-state index in [-0.39, 0.29) is 0 Å². The molecular formula is C16H21NO2S. The van der Waals surface area contributed by atoms with E-state index in [9.17, 15) is 4.21 Å². The highest BCUT2D eigenvalue weighted by Crippen LogP contribution is 2.12. The van der Waals surface area contributed by atoms with E-state index < -0.39 is 10.8 Å². The molecule has 1 atom stereocenters. The summed E-state index contributed by atoms with van der Waals surface area (Å²) in [7, 11) is -0.930. The zero-order chi connectivity index (χ0) is 14.2. The molecule has 1 aromatic carbocycles. The second kappa shape index (κ2) is 8.02. The van der Waals surface area contributed by atoms with Gasteiger partial charge in [0.05, 0.1) is 12.3 Å². The first-order valence-electron chi connectivity index (χ1n) is 6.95. The van der Waals surface area contributed by atoms with Gasteiger partial charge in [-0.3, -0.25) is 4.21 Å². The molecule has 0 saturated heterocycles. The van der Waals surface area contributed by atoms with Crippen molar-refractivity contribution in [3.8, 4) is 0 Å². The molecule has 108 valence electrons. The highest BCUT2D eigenvalue weighted by Gasteiger charge is 2.07. The van der Waals surface area contributed by atoms with E-state index in [1.807, 2.05) is 42.5 Å². The lowest BCUT2D eigenvalue weighted by atomic mass is 10.2. The van der Waals surface area contributed by atoms with Crippen molar-refractivity contribution in [3.63, 3.8) is 0 Å². The van der Waals surface area contributed by atoms with Gasteiger partial charge >= 0.3 is 0 Å². The van der Waals surface area contributed by atoms with Gasteiger partial charge in [-0.25, -0.2) is 0 Å². The van der Waals surface area contributed by atoms with Crippen LogP contribution in [0.1, 0.15) is 30.4 Å². The predicted octanol–water partition coefficient (Wildman–Crippen LogP) is 3.23. The number of hydrogen-bond acceptors (Lipinski definition) is 3. The van der Waals surface area contributed by atoms with Crippen LogP contribution >= 0.6 is 0 Å². The molecule has 0 bridgehead atoms. The van der Waals surface area contributed by atoms with Gasteiger partial charge in [0.25, 0.3) is 0 Å². The fourth-order valence-electron chi connectivity index (χ4n) is 1.95. The lowest BCUT2D eigenvalue weighted by Crippen LogP contribution is -2.13. The number of rotatable bonds is 8. The quantitative estimate of drug-likeness (QED) is 0.759. The summed E-state index contributed by atoms with van der Waals surface area (Å²) in [4.78, 5) is 0. The Hall–Kier alpha value is -1.39. The minimum atomic E-state index is -0.930. The number of nitrogens with one attached hydrogen (secondary N) is 1. The van der Waals surface area contributed by atoms with Crippen LogP contribution in [0, 0.1) is 0 Å². The summed E-state index contributed by atoms with van der Waals surface area (Å²) in [6, 6.07) is 13.8. The molecule has 1 N–H and O–H groups in total. The van der Waals surface area contributed by atoms with Crippen molar-refractivity contribution in [2.75, 3.05) is 6.54 Å². The third-order valence-corrected chi connectivity index (χ3v) is 4.18. The third kappa shape index (κ3) is 4.94. The molecule has 0 saturated carbocycles. The predicted molar refractivity (Wildman–Crippen MR) is 82.7 cm³/mol. The van der Waals surface area contributed by atoms with E-state index in [1.165, 1.54) is 0 Å². The van der Waals surface area contributed by atoms with Gasteiger partial charge in [-0.05, 0) is 30.7 Å². The van der Waals surface area contributed by atoms with Crippen LogP contribution in [0.15, 0.2) is 46.9 Å². The van der Waals surface area contributed by atoms with Gasteiger partial charge < -0.3 is 9.73 Å². The topological polar surface area (TPSA) is 42.2 Å².